The van der Waals surface area contributed by atoms with Gasteiger partial charge in [-0.15, -0.1) is 11.3 Å². The van der Waals surface area contributed by atoms with Crippen LogP contribution in [-0.2, 0) is 13.0 Å². The van der Waals surface area contributed by atoms with Gasteiger partial charge in [-0.1, -0.05) is 19.1 Å². The standard InChI is InChI=1S/C16H22N2OS/c1-4-17-10-14-11-20-16(18-14)7-8-19-15-9-12(2)5-6-13(15)3/h5-6,9,11,17H,4,7-8,10H2,1-3H3. The smallest absolute Gasteiger partial charge is 0.122 e. The Balaban J connectivity index is 1.83. The molecule has 2 aromatic rings. The number of aromatic nitrogens is 1. The average Bonchev–Trinajstić information content (AvgIpc) is 2.88. The van der Waals surface area contributed by atoms with Crippen LogP contribution in [0.2, 0.25) is 0 Å². The Hall–Kier alpha value is -1.39. The lowest BCUT2D eigenvalue weighted by molar-refractivity contribution is 0.319. The van der Waals surface area contributed by atoms with Crippen LogP contribution < -0.4 is 10.1 Å². The van der Waals surface area contributed by atoms with E-state index >= 15 is 0 Å². The summed E-state index contributed by atoms with van der Waals surface area (Å²) in [5, 5.41) is 6.55. The van der Waals surface area contributed by atoms with Gasteiger partial charge in [-0.25, -0.2) is 4.98 Å². The average molecular weight is 290 g/mol. The fraction of sp³-hybridized carbons (Fsp3) is 0.438. The Kier molecular flexibility index (Phi) is 5.56. The minimum atomic E-state index is 0.679. The van der Waals surface area contributed by atoms with E-state index in [-0.39, 0.29) is 0 Å². The molecule has 0 fully saturated rings. The molecule has 0 aliphatic heterocycles. The first-order valence-corrected chi connectivity index (χ1v) is 7.91. The van der Waals surface area contributed by atoms with Crippen LogP contribution in [0.4, 0.5) is 0 Å². The van der Waals surface area contributed by atoms with Gasteiger partial charge in [0.15, 0.2) is 0 Å². The normalized spacial score (nSPS) is 10.8. The number of rotatable bonds is 7. The lowest BCUT2D eigenvalue weighted by atomic mass is 10.1. The van der Waals surface area contributed by atoms with Gasteiger partial charge in [-0.05, 0) is 37.6 Å². The van der Waals surface area contributed by atoms with Crippen molar-refractivity contribution in [2.75, 3.05) is 13.2 Å². The molecule has 1 aromatic carbocycles. The van der Waals surface area contributed by atoms with Crippen LogP contribution in [0.25, 0.3) is 0 Å². The monoisotopic (exact) mass is 290 g/mol. The second-order valence-corrected chi connectivity index (χ2v) is 5.82. The molecule has 1 heterocycles. The molecule has 1 N–H and O–H groups in total. The van der Waals surface area contributed by atoms with Crippen molar-refractivity contribution in [3.63, 3.8) is 0 Å². The summed E-state index contributed by atoms with van der Waals surface area (Å²) in [5.41, 5.74) is 3.54. The first-order chi connectivity index (χ1) is 9.69. The molecular formula is C16H22N2OS. The fourth-order valence-corrected chi connectivity index (χ4v) is 2.69. The van der Waals surface area contributed by atoms with Crippen molar-refractivity contribution in [2.24, 2.45) is 0 Å². The molecule has 0 unspecified atom stereocenters. The van der Waals surface area contributed by atoms with Gasteiger partial charge in [-0.3, -0.25) is 0 Å². The van der Waals surface area contributed by atoms with Crippen molar-refractivity contribution in [2.45, 2.75) is 33.7 Å². The van der Waals surface area contributed by atoms with Crippen LogP contribution >= 0.6 is 11.3 Å². The molecule has 4 heteroatoms. The Morgan fingerprint density at radius 3 is 2.95 bits per heavy atom. The molecule has 0 bridgehead atoms. The zero-order valence-electron chi connectivity index (χ0n) is 12.4. The molecule has 20 heavy (non-hydrogen) atoms. The summed E-state index contributed by atoms with van der Waals surface area (Å²) in [4.78, 5) is 4.59. The number of ether oxygens (including phenoxy) is 1. The third kappa shape index (κ3) is 4.32. The minimum Gasteiger partial charge on any atom is -0.493 e. The summed E-state index contributed by atoms with van der Waals surface area (Å²) < 4.78 is 5.86. The maximum atomic E-state index is 5.86. The lowest BCUT2D eigenvalue weighted by Gasteiger charge is -2.09. The summed E-state index contributed by atoms with van der Waals surface area (Å²) in [5.74, 6) is 0.981. The van der Waals surface area contributed by atoms with Crippen LogP contribution in [0.5, 0.6) is 5.75 Å². The molecule has 1 aromatic heterocycles. The number of thiazole rings is 1. The van der Waals surface area contributed by atoms with E-state index in [1.807, 2.05) is 0 Å². The number of benzene rings is 1. The molecule has 0 spiro atoms. The predicted octanol–water partition coefficient (Wildman–Crippen LogP) is 3.49. The molecule has 0 radical (unpaired) electrons. The van der Waals surface area contributed by atoms with Crippen LogP contribution in [0, 0.1) is 13.8 Å². The number of nitrogens with one attached hydrogen (secondary N) is 1. The van der Waals surface area contributed by atoms with Crippen molar-refractivity contribution in [1.82, 2.24) is 10.3 Å². The number of hydrogen-bond acceptors (Lipinski definition) is 4. The summed E-state index contributed by atoms with van der Waals surface area (Å²) in [6.07, 6.45) is 0.865. The van der Waals surface area contributed by atoms with Crippen LogP contribution in [-0.4, -0.2) is 18.1 Å². The zero-order chi connectivity index (χ0) is 14.4. The van der Waals surface area contributed by atoms with Crippen molar-refractivity contribution >= 4 is 11.3 Å². The van der Waals surface area contributed by atoms with E-state index in [0.29, 0.717) is 6.61 Å². The van der Waals surface area contributed by atoms with E-state index in [4.69, 9.17) is 4.74 Å². The first-order valence-electron chi connectivity index (χ1n) is 7.03. The summed E-state index contributed by atoms with van der Waals surface area (Å²) in [7, 11) is 0. The van der Waals surface area contributed by atoms with Crippen molar-refractivity contribution in [3.05, 3.63) is 45.4 Å². The highest BCUT2D eigenvalue weighted by atomic mass is 32.1. The van der Waals surface area contributed by atoms with Crippen molar-refractivity contribution in [1.29, 1.82) is 0 Å². The third-order valence-electron chi connectivity index (χ3n) is 3.07. The zero-order valence-corrected chi connectivity index (χ0v) is 13.2. The van der Waals surface area contributed by atoms with Crippen molar-refractivity contribution < 1.29 is 4.74 Å². The highest BCUT2D eigenvalue weighted by Crippen LogP contribution is 2.19. The Morgan fingerprint density at radius 1 is 1.30 bits per heavy atom. The molecule has 0 aliphatic rings. The second kappa shape index (κ2) is 7.41. The van der Waals surface area contributed by atoms with Crippen LogP contribution in [0.15, 0.2) is 23.6 Å². The summed E-state index contributed by atoms with van der Waals surface area (Å²) in [6, 6.07) is 6.30. The molecule has 0 amide bonds. The molecular weight excluding hydrogens is 268 g/mol. The number of nitrogens with zero attached hydrogens (tertiary/aromatic N) is 1. The predicted molar refractivity (Wildman–Crippen MR) is 84.6 cm³/mol. The summed E-state index contributed by atoms with van der Waals surface area (Å²) in [6.45, 7) is 8.77. The Morgan fingerprint density at radius 2 is 2.15 bits per heavy atom. The number of hydrogen-bond donors (Lipinski definition) is 1. The van der Waals surface area contributed by atoms with Crippen molar-refractivity contribution in [3.8, 4) is 5.75 Å². The summed E-state index contributed by atoms with van der Waals surface area (Å²) >= 11 is 1.71. The van der Waals surface area contributed by atoms with Crippen LogP contribution in [0.3, 0.4) is 0 Å². The van der Waals surface area contributed by atoms with Gasteiger partial charge < -0.3 is 10.1 Å². The maximum absolute atomic E-state index is 5.86. The largest absolute Gasteiger partial charge is 0.493 e. The highest BCUT2D eigenvalue weighted by Gasteiger charge is 2.04. The lowest BCUT2D eigenvalue weighted by Crippen LogP contribution is -2.12. The Bertz CT molecular complexity index is 551. The molecule has 108 valence electrons. The molecule has 0 atom stereocenters. The SMILES string of the molecule is CCNCc1csc(CCOc2cc(C)ccc2C)n1. The third-order valence-corrected chi connectivity index (χ3v) is 4.03. The van der Waals surface area contributed by atoms with Gasteiger partial charge in [0, 0.05) is 18.3 Å². The van der Waals surface area contributed by atoms with E-state index in [1.165, 1.54) is 11.1 Å². The number of aryl methyl sites for hydroxylation is 2. The van der Waals surface area contributed by atoms with E-state index < -0.39 is 0 Å². The molecule has 0 saturated carbocycles. The quantitative estimate of drug-likeness (QED) is 0.847. The Labute approximate surface area is 125 Å². The van der Waals surface area contributed by atoms with E-state index in [0.717, 1.165) is 36.0 Å². The van der Waals surface area contributed by atoms with Gasteiger partial charge in [0.2, 0.25) is 0 Å². The van der Waals surface area contributed by atoms with E-state index in [9.17, 15) is 0 Å². The van der Waals surface area contributed by atoms with E-state index in [1.54, 1.807) is 11.3 Å². The second-order valence-electron chi connectivity index (χ2n) is 4.88. The van der Waals surface area contributed by atoms with Gasteiger partial charge in [0.05, 0.1) is 17.3 Å². The van der Waals surface area contributed by atoms with Gasteiger partial charge >= 0.3 is 0 Å². The minimum absolute atomic E-state index is 0.679. The maximum Gasteiger partial charge on any atom is 0.122 e. The topological polar surface area (TPSA) is 34.1 Å². The van der Waals surface area contributed by atoms with E-state index in [2.05, 4.69) is 54.7 Å². The first kappa shape index (κ1) is 15.0. The molecule has 0 saturated heterocycles. The molecule has 0 aliphatic carbocycles. The highest BCUT2D eigenvalue weighted by molar-refractivity contribution is 7.09. The van der Waals surface area contributed by atoms with Crippen LogP contribution in [0.1, 0.15) is 28.8 Å². The van der Waals surface area contributed by atoms with Gasteiger partial charge in [0.1, 0.15) is 5.75 Å². The fourth-order valence-electron chi connectivity index (χ4n) is 1.91. The van der Waals surface area contributed by atoms with Gasteiger partial charge in [-0.2, -0.15) is 0 Å². The molecule has 2 rings (SSSR count). The molecule has 3 nitrogen and oxygen atoms in total. The van der Waals surface area contributed by atoms with Gasteiger partial charge in [0.25, 0.3) is 0 Å².